The van der Waals surface area contributed by atoms with Crippen molar-refractivity contribution in [1.82, 2.24) is 0 Å². The molecule has 0 radical (unpaired) electrons. The number of rotatable bonds is 0. The Labute approximate surface area is 181 Å². The molecule has 0 saturated carbocycles. The predicted octanol–water partition coefficient (Wildman–Crippen LogP) is 5.78. The molecule has 148 valence electrons. The lowest BCUT2D eigenvalue weighted by molar-refractivity contribution is -0.00815. The van der Waals surface area contributed by atoms with Crippen LogP contribution in [0.4, 0.5) is 0 Å². The molecule has 31 heavy (non-hydrogen) atoms. The fourth-order valence-electron chi connectivity index (χ4n) is 7.18. The first-order valence-corrected chi connectivity index (χ1v) is 11.0. The largest absolute Gasteiger partial charge is 0.336 e. The van der Waals surface area contributed by atoms with Gasteiger partial charge in [-0.05, 0) is 44.5 Å². The molecular formula is C29H20O2. The van der Waals surface area contributed by atoms with Crippen LogP contribution in [0.15, 0.2) is 97.1 Å². The summed E-state index contributed by atoms with van der Waals surface area (Å²) in [6, 6.07) is 35.5. The first-order chi connectivity index (χ1) is 15.4. The standard InChI is InChI=1S/C29H20O2/c1-5-13-22-18(9-1)26-19-10-2-6-14-23(19)28(22)29(31-17-30-28)24-15-7-3-11-20(24)27(26)21-12-4-8-16-25(21)29/h1-16,26-27H,17H2. The van der Waals surface area contributed by atoms with E-state index in [2.05, 4.69) is 97.1 Å². The quantitative estimate of drug-likeness (QED) is 0.372. The van der Waals surface area contributed by atoms with Gasteiger partial charge >= 0.3 is 0 Å². The van der Waals surface area contributed by atoms with Gasteiger partial charge in [0, 0.05) is 11.8 Å². The zero-order chi connectivity index (χ0) is 20.2. The second kappa shape index (κ2) is 5.34. The fraction of sp³-hybridized carbons (Fsp3) is 0.172. The van der Waals surface area contributed by atoms with Crippen LogP contribution in [0.5, 0.6) is 0 Å². The van der Waals surface area contributed by atoms with Crippen molar-refractivity contribution < 1.29 is 9.47 Å². The van der Waals surface area contributed by atoms with Gasteiger partial charge in [-0.15, -0.1) is 0 Å². The molecule has 0 N–H and O–H groups in total. The minimum absolute atomic E-state index is 0.239. The average molecular weight is 400 g/mol. The Kier molecular flexibility index (Phi) is 2.84. The highest BCUT2D eigenvalue weighted by molar-refractivity contribution is 5.71. The van der Waals surface area contributed by atoms with Crippen LogP contribution in [0.3, 0.4) is 0 Å². The van der Waals surface area contributed by atoms with E-state index in [4.69, 9.17) is 9.47 Å². The van der Waals surface area contributed by atoms with Crippen LogP contribution in [0.2, 0.25) is 0 Å². The van der Waals surface area contributed by atoms with Gasteiger partial charge in [-0.3, -0.25) is 0 Å². The van der Waals surface area contributed by atoms with Crippen LogP contribution < -0.4 is 0 Å². The van der Waals surface area contributed by atoms with Gasteiger partial charge in [0.1, 0.15) is 6.79 Å². The Morgan fingerprint density at radius 2 is 0.742 bits per heavy atom. The van der Waals surface area contributed by atoms with Crippen LogP contribution >= 0.6 is 0 Å². The zero-order valence-corrected chi connectivity index (χ0v) is 16.9. The van der Waals surface area contributed by atoms with Gasteiger partial charge in [0.15, 0.2) is 11.2 Å². The molecule has 6 aliphatic carbocycles. The predicted molar refractivity (Wildman–Crippen MR) is 118 cm³/mol. The van der Waals surface area contributed by atoms with E-state index < -0.39 is 11.2 Å². The monoisotopic (exact) mass is 400 g/mol. The normalized spacial score (nSPS) is 30.5. The highest BCUT2D eigenvalue weighted by Crippen LogP contribution is 2.70. The van der Waals surface area contributed by atoms with Crippen LogP contribution in [-0.2, 0) is 20.7 Å². The van der Waals surface area contributed by atoms with Gasteiger partial charge in [0.05, 0.1) is 0 Å². The van der Waals surface area contributed by atoms with E-state index in [0.29, 0.717) is 0 Å². The van der Waals surface area contributed by atoms with Gasteiger partial charge in [0.25, 0.3) is 0 Å². The van der Waals surface area contributed by atoms with Crippen LogP contribution in [-0.4, -0.2) is 6.79 Å². The molecule has 0 amide bonds. The van der Waals surface area contributed by atoms with Crippen molar-refractivity contribution in [2.75, 3.05) is 6.79 Å². The molecule has 11 rings (SSSR count). The maximum Gasteiger partial charge on any atom is 0.159 e. The summed E-state index contributed by atoms with van der Waals surface area (Å²) in [4.78, 5) is 0. The third kappa shape index (κ3) is 1.59. The van der Waals surface area contributed by atoms with Crippen LogP contribution in [0.25, 0.3) is 0 Å². The van der Waals surface area contributed by atoms with E-state index in [1.165, 1.54) is 44.5 Å². The Balaban J connectivity index is 1.68. The topological polar surface area (TPSA) is 18.5 Å². The summed E-state index contributed by atoms with van der Waals surface area (Å²) in [5, 5.41) is 0. The van der Waals surface area contributed by atoms with E-state index in [1.54, 1.807) is 0 Å². The van der Waals surface area contributed by atoms with Crippen LogP contribution in [0.1, 0.15) is 56.3 Å². The Morgan fingerprint density at radius 1 is 0.452 bits per heavy atom. The molecular weight excluding hydrogens is 380 g/mol. The smallest absolute Gasteiger partial charge is 0.159 e. The molecule has 2 spiro atoms. The first-order valence-electron chi connectivity index (χ1n) is 11.0. The second-order valence-electron chi connectivity index (χ2n) is 9.07. The maximum atomic E-state index is 6.83. The lowest BCUT2D eigenvalue weighted by Gasteiger charge is -2.57. The van der Waals surface area contributed by atoms with Crippen molar-refractivity contribution >= 4 is 0 Å². The Morgan fingerprint density at radius 3 is 1.06 bits per heavy atom. The third-order valence-corrected chi connectivity index (χ3v) is 8.08. The Bertz CT molecular complexity index is 1200. The van der Waals surface area contributed by atoms with E-state index in [1.807, 2.05) is 0 Å². The summed E-state index contributed by atoms with van der Waals surface area (Å²) in [5.74, 6) is 0.477. The van der Waals surface area contributed by atoms with Gasteiger partial charge in [-0.1, -0.05) is 97.1 Å². The molecule has 1 fully saturated rings. The first kappa shape index (κ1) is 16.5. The maximum absolute atomic E-state index is 6.83. The van der Waals surface area contributed by atoms with E-state index >= 15 is 0 Å². The summed E-state index contributed by atoms with van der Waals surface area (Å²) in [6.07, 6.45) is 0. The minimum atomic E-state index is -0.714. The lowest BCUT2D eigenvalue weighted by Crippen LogP contribution is -2.56. The summed E-state index contributed by atoms with van der Waals surface area (Å²) in [6.45, 7) is 0.265. The van der Waals surface area contributed by atoms with Crippen molar-refractivity contribution in [3.63, 3.8) is 0 Å². The summed E-state index contributed by atoms with van der Waals surface area (Å²) < 4.78 is 13.7. The summed E-state index contributed by atoms with van der Waals surface area (Å²) in [5.41, 5.74) is 9.05. The summed E-state index contributed by atoms with van der Waals surface area (Å²) in [7, 11) is 0. The zero-order valence-electron chi connectivity index (χ0n) is 16.9. The van der Waals surface area contributed by atoms with Gasteiger partial charge in [-0.2, -0.15) is 0 Å². The van der Waals surface area contributed by atoms with E-state index in [9.17, 15) is 0 Å². The molecule has 0 atom stereocenters. The number of benzene rings is 4. The highest BCUT2D eigenvalue weighted by atomic mass is 16.7. The van der Waals surface area contributed by atoms with Crippen molar-refractivity contribution in [1.29, 1.82) is 0 Å². The summed E-state index contributed by atoms with van der Waals surface area (Å²) >= 11 is 0. The molecule has 1 aliphatic heterocycles. The molecule has 0 aromatic heterocycles. The Hall–Kier alpha value is -3.20. The van der Waals surface area contributed by atoms with Crippen LogP contribution in [0, 0.1) is 0 Å². The molecule has 1 heterocycles. The second-order valence-corrected chi connectivity index (χ2v) is 9.07. The number of hydrogen-bond acceptors (Lipinski definition) is 2. The SMILES string of the molecule is c1ccc2c(c1)C1c3ccccc3C23OCOC32c3ccccc3C1c1ccccc12. The van der Waals surface area contributed by atoms with Crippen molar-refractivity contribution in [3.05, 3.63) is 142 Å². The molecule has 7 aliphatic rings. The molecule has 4 aromatic carbocycles. The molecule has 2 nitrogen and oxygen atoms in total. The number of ether oxygens (including phenoxy) is 2. The van der Waals surface area contributed by atoms with Gasteiger partial charge in [-0.25, -0.2) is 0 Å². The molecule has 1 saturated heterocycles. The van der Waals surface area contributed by atoms with Gasteiger partial charge < -0.3 is 9.47 Å². The molecule has 2 heteroatoms. The van der Waals surface area contributed by atoms with E-state index in [-0.39, 0.29) is 18.6 Å². The average Bonchev–Trinajstić information content (AvgIpc) is 3.20. The molecule has 0 unspecified atom stereocenters. The van der Waals surface area contributed by atoms with E-state index in [0.717, 1.165) is 0 Å². The van der Waals surface area contributed by atoms with Crippen molar-refractivity contribution in [2.45, 2.75) is 23.0 Å². The van der Waals surface area contributed by atoms with Gasteiger partial charge in [0.2, 0.25) is 0 Å². The molecule has 4 aromatic rings. The minimum Gasteiger partial charge on any atom is -0.336 e. The van der Waals surface area contributed by atoms with Crippen molar-refractivity contribution in [3.8, 4) is 0 Å². The fourth-order valence-corrected chi connectivity index (χ4v) is 7.18. The lowest BCUT2D eigenvalue weighted by atomic mass is 9.49. The van der Waals surface area contributed by atoms with Crippen molar-refractivity contribution in [2.24, 2.45) is 0 Å². The molecule has 4 bridgehead atoms. The number of hydrogen-bond donors (Lipinski definition) is 0. The highest BCUT2D eigenvalue weighted by Gasteiger charge is 2.70. The third-order valence-electron chi connectivity index (χ3n) is 8.08.